The molecule has 11 heteroatoms. The molecule has 0 radical (unpaired) electrons. The molecule has 0 spiro atoms. The molecule has 3 aromatic carbocycles. The second kappa shape index (κ2) is 16.9. The summed E-state index contributed by atoms with van der Waals surface area (Å²) in [5.41, 5.74) is 1.36. The number of ether oxygens (including phenoxy) is 2. The average Bonchev–Trinajstić information content (AvgIpc) is 3.72. The lowest BCUT2D eigenvalue weighted by Gasteiger charge is -2.18. The van der Waals surface area contributed by atoms with Gasteiger partial charge in [-0.15, -0.1) is 11.8 Å². The molecule has 0 unspecified atom stereocenters. The van der Waals surface area contributed by atoms with Gasteiger partial charge >= 0.3 is 6.18 Å². The number of thioether (sulfide) groups is 1. The zero-order valence-corrected chi connectivity index (χ0v) is 28.9. The maximum Gasteiger partial charge on any atom is 0.419 e. The molecule has 5 rings (SSSR count). The number of benzene rings is 3. The highest BCUT2D eigenvalue weighted by Gasteiger charge is 2.34. The average molecular weight is 687 g/mol. The van der Waals surface area contributed by atoms with Crippen molar-refractivity contribution in [1.82, 2.24) is 19.4 Å². The monoisotopic (exact) mass is 686 g/mol. The first-order valence-corrected chi connectivity index (χ1v) is 18.1. The molecule has 6 nitrogen and oxygen atoms in total. The van der Waals surface area contributed by atoms with Crippen LogP contribution in [0.25, 0.3) is 22.4 Å². The van der Waals surface area contributed by atoms with Gasteiger partial charge in [0.25, 0.3) is 0 Å². The summed E-state index contributed by atoms with van der Waals surface area (Å²) >= 11 is 1.86. The van der Waals surface area contributed by atoms with Crippen molar-refractivity contribution in [3.8, 4) is 28.6 Å². The SMILES string of the molecule is CCCCn1c(-c2ccc(Oc3ccc(F)c(C(F)(F)F)c3)cc2OCCN2CCCC2)nc2ccc(SCCCN(CC)CC)cc21. The predicted octanol–water partition coefficient (Wildman–Crippen LogP) is 9.75. The van der Waals surface area contributed by atoms with E-state index in [1.807, 2.05) is 17.8 Å². The molecule has 0 aliphatic carbocycles. The minimum Gasteiger partial charge on any atom is -0.491 e. The lowest BCUT2D eigenvalue weighted by molar-refractivity contribution is -0.140. The summed E-state index contributed by atoms with van der Waals surface area (Å²) in [6.45, 7) is 13.8. The second-order valence-electron chi connectivity index (χ2n) is 12.1. The molecule has 260 valence electrons. The summed E-state index contributed by atoms with van der Waals surface area (Å²) in [5.74, 6) is 1.16. The number of imidazole rings is 1. The van der Waals surface area contributed by atoms with Crippen LogP contribution in [0.4, 0.5) is 17.6 Å². The molecular formula is C37H46F4N4O2S. The van der Waals surface area contributed by atoms with Crippen molar-refractivity contribution in [3.05, 3.63) is 66.0 Å². The van der Waals surface area contributed by atoms with Crippen LogP contribution in [0.3, 0.4) is 0 Å². The van der Waals surface area contributed by atoms with Gasteiger partial charge in [0, 0.05) is 24.1 Å². The lowest BCUT2D eigenvalue weighted by Crippen LogP contribution is -2.25. The smallest absolute Gasteiger partial charge is 0.419 e. The van der Waals surface area contributed by atoms with E-state index in [0.717, 1.165) is 99.3 Å². The Balaban J connectivity index is 1.46. The first-order chi connectivity index (χ1) is 23.2. The maximum absolute atomic E-state index is 13.9. The normalized spacial score (nSPS) is 14.0. The summed E-state index contributed by atoms with van der Waals surface area (Å²) in [7, 11) is 0. The number of aromatic nitrogens is 2. The van der Waals surface area contributed by atoms with Crippen molar-refractivity contribution in [2.24, 2.45) is 0 Å². The molecule has 48 heavy (non-hydrogen) atoms. The zero-order valence-electron chi connectivity index (χ0n) is 28.1. The van der Waals surface area contributed by atoms with E-state index >= 15 is 0 Å². The van der Waals surface area contributed by atoms with Crippen molar-refractivity contribution in [3.63, 3.8) is 0 Å². The molecule has 0 N–H and O–H groups in total. The Kier molecular flexibility index (Phi) is 12.7. The van der Waals surface area contributed by atoms with Crippen molar-refractivity contribution in [2.45, 2.75) is 70.5 Å². The van der Waals surface area contributed by atoms with E-state index in [1.54, 1.807) is 12.1 Å². The Morgan fingerprint density at radius 2 is 1.65 bits per heavy atom. The van der Waals surface area contributed by atoms with E-state index in [4.69, 9.17) is 14.5 Å². The molecule has 4 aromatic rings. The van der Waals surface area contributed by atoms with Gasteiger partial charge in [-0.1, -0.05) is 27.2 Å². The van der Waals surface area contributed by atoms with Crippen LogP contribution in [0.1, 0.15) is 58.4 Å². The minimum absolute atomic E-state index is 0.114. The topological polar surface area (TPSA) is 42.8 Å². The highest BCUT2D eigenvalue weighted by atomic mass is 32.2. The molecule has 2 heterocycles. The number of halogens is 4. The van der Waals surface area contributed by atoms with Gasteiger partial charge in [-0.3, -0.25) is 4.90 Å². The van der Waals surface area contributed by atoms with Gasteiger partial charge in [0.2, 0.25) is 0 Å². The fraction of sp³-hybridized carbons (Fsp3) is 0.486. The van der Waals surface area contributed by atoms with Crippen LogP contribution in [-0.2, 0) is 12.7 Å². The highest BCUT2D eigenvalue weighted by Crippen LogP contribution is 2.39. The third kappa shape index (κ3) is 9.24. The van der Waals surface area contributed by atoms with Crippen LogP contribution in [0.2, 0.25) is 0 Å². The van der Waals surface area contributed by atoms with Crippen LogP contribution in [0, 0.1) is 5.82 Å². The molecule has 0 bridgehead atoms. The molecule has 0 saturated carbocycles. The Labute approximate surface area is 285 Å². The highest BCUT2D eigenvalue weighted by molar-refractivity contribution is 7.99. The molecule has 1 aliphatic rings. The van der Waals surface area contributed by atoms with E-state index in [0.29, 0.717) is 18.4 Å². The molecule has 0 atom stereocenters. The first kappa shape index (κ1) is 36.0. The van der Waals surface area contributed by atoms with Crippen LogP contribution >= 0.6 is 11.8 Å². The van der Waals surface area contributed by atoms with Gasteiger partial charge in [0.1, 0.15) is 35.5 Å². The molecule has 1 aromatic heterocycles. The molecule has 1 aliphatic heterocycles. The predicted molar refractivity (Wildman–Crippen MR) is 186 cm³/mol. The number of nitrogens with zero attached hydrogens (tertiary/aromatic N) is 4. The van der Waals surface area contributed by atoms with E-state index < -0.39 is 17.6 Å². The Bertz CT molecular complexity index is 1630. The molecular weight excluding hydrogens is 640 g/mol. The Morgan fingerprint density at radius 3 is 2.38 bits per heavy atom. The summed E-state index contributed by atoms with van der Waals surface area (Å²) in [6, 6.07) is 14.3. The van der Waals surface area contributed by atoms with Crippen LogP contribution in [0.5, 0.6) is 17.2 Å². The van der Waals surface area contributed by atoms with Crippen LogP contribution in [0.15, 0.2) is 59.5 Å². The van der Waals surface area contributed by atoms with Gasteiger partial charge in [-0.05, 0) is 113 Å². The first-order valence-electron chi connectivity index (χ1n) is 17.1. The molecule has 0 amide bonds. The zero-order chi connectivity index (χ0) is 34.1. The number of likely N-dealkylation sites (tertiary alicyclic amines) is 1. The Morgan fingerprint density at radius 1 is 0.896 bits per heavy atom. The van der Waals surface area contributed by atoms with E-state index in [2.05, 4.69) is 53.3 Å². The quantitative estimate of drug-likeness (QED) is 0.0626. The third-order valence-corrected chi connectivity index (χ3v) is 9.85. The van der Waals surface area contributed by atoms with Gasteiger partial charge in [0.15, 0.2) is 0 Å². The number of fused-ring (bicyclic) bond motifs is 1. The van der Waals surface area contributed by atoms with Gasteiger partial charge in [0.05, 0.1) is 22.2 Å². The number of aryl methyl sites for hydroxylation is 1. The second-order valence-corrected chi connectivity index (χ2v) is 13.3. The maximum atomic E-state index is 13.9. The van der Waals surface area contributed by atoms with Crippen LogP contribution < -0.4 is 9.47 Å². The van der Waals surface area contributed by atoms with Crippen molar-refractivity contribution < 1.29 is 27.0 Å². The largest absolute Gasteiger partial charge is 0.491 e. The van der Waals surface area contributed by atoms with Gasteiger partial charge in [-0.2, -0.15) is 13.2 Å². The van der Waals surface area contributed by atoms with Gasteiger partial charge < -0.3 is 18.9 Å². The van der Waals surface area contributed by atoms with E-state index in [9.17, 15) is 17.6 Å². The summed E-state index contributed by atoms with van der Waals surface area (Å²) < 4.78 is 68.6. The number of alkyl halides is 3. The standard InChI is InChI=1S/C37H46F4N4O2S/c1-4-7-20-45-34-26-29(48-23-10-19-43(5-2)6-3)13-16-33(34)42-36(45)30-14-11-28(25-35(30)46-22-21-44-17-8-9-18-44)47-27-12-15-32(38)31(24-27)37(39,40)41/h11-16,24-26H,4-10,17-23H2,1-3H3. The fourth-order valence-electron chi connectivity index (χ4n) is 6.04. The number of hydrogen-bond acceptors (Lipinski definition) is 6. The lowest BCUT2D eigenvalue weighted by atomic mass is 10.1. The van der Waals surface area contributed by atoms with E-state index in [-0.39, 0.29) is 11.5 Å². The molecule has 1 fully saturated rings. The van der Waals surface area contributed by atoms with Gasteiger partial charge in [-0.25, -0.2) is 9.37 Å². The van der Waals surface area contributed by atoms with Crippen LogP contribution in [-0.4, -0.2) is 71.0 Å². The summed E-state index contributed by atoms with van der Waals surface area (Å²) in [4.78, 5) is 11.1. The van der Waals surface area contributed by atoms with E-state index in [1.165, 1.54) is 23.8 Å². The number of rotatable bonds is 17. The molecule has 1 saturated heterocycles. The number of hydrogen-bond donors (Lipinski definition) is 0. The Hall–Kier alpha value is -3.28. The third-order valence-electron chi connectivity index (χ3n) is 8.77. The summed E-state index contributed by atoms with van der Waals surface area (Å²) in [6.07, 6.45) is 0.610. The van der Waals surface area contributed by atoms with Crippen molar-refractivity contribution in [1.29, 1.82) is 0 Å². The van der Waals surface area contributed by atoms with Crippen molar-refractivity contribution >= 4 is 22.8 Å². The minimum atomic E-state index is -4.83. The number of unbranched alkanes of at least 4 members (excludes halogenated alkanes) is 1. The summed E-state index contributed by atoms with van der Waals surface area (Å²) in [5, 5.41) is 0. The fourth-order valence-corrected chi connectivity index (χ4v) is 6.91. The van der Waals surface area contributed by atoms with Crippen molar-refractivity contribution in [2.75, 3.05) is 51.6 Å².